The molecule has 122 valence electrons. The van der Waals surface area contributed by atoms with Crippen molar-refractivity contribution in [3.63, 3.8) is 0 Å². The Morgan fingerprint density at radius 1 is 1.23 bits per heavy atom. The van der Waals surface area contributed by atoms with Crippen molar-refractivity contribution in [2.24, 2.45) is 0 Å². The van der Waals surface area contributed by atoms with Crippen molar-refractivity contribution < 1.29 is 9.53 Å². The number of rotatable bonds is 3. The largest absolute Gasteiger partial charge is 0.444 e. The summed E-state index contributed by atoms with van der Waals surface area (Å²) in [5.74, 6) is 0.820. The second-order valence-corrected chi connectivity index (χ2v) is 7.34. The lowest BCUT2D eigenvalue weighted by Crippen LogP contribution is -2.42. The Hall–Kier alpha value is -1.55. The van der Waals surface area contributed by atoms with Gasteiger partial charge < -0.3 is 15.4 Å². The van der Waals surface area contributed by atoms with E-state index in [0.29, 0.717) is 5.92 Å². The third kappa shape index (κ3) is 4.47. The Bertz CT molecular complexity index is 503. The van der Waals surface area contributed by atoms with Gasteiger partial charge in [0.05, 0.1) is 6.04 Å². The summed E-state index contributed by atoms with van der Waals surface area (Å²) in [7, 11) is 0. The van der Waals surface area contributed by atoms with Crippen LogP contribution >= 0.6 is 0 Å². The van der Waals surface area contributed by atoms with Gasteiger partial charge in [0.1, 0.15) is 5.60 Å². The standard InChI is InChI=1S/C18H28N2O2/c1-12(2)13-6-8-14(9-7-13)15-10-19-11-16(15)20-17(21)22-18(3,4)5/h6-9,12,15-16,19H,10-11H2,1-5H3,(H,20,21). The maximum absolute atomic E-state index is 12.0. The van der Waals surface area contributed by atoms with Gasteiger partial charge in [0.15, 0.2) is 0 Å². The molecule has 0 saturated carbocycles. The van der Waals surface area contributed by atoms with Crippen LogP contribution in [0.15, 0.2) is 24.3 Å². The molecular weight excluding hydrogens is 276 g/mol. The third-order valence-electron chi connectivity index (χ3n) is 3.95. The van der Waals surface area contributed by atoms with Gasteiger partial charge in [-0.2, -0.15) is 0 Å². The smallest absolute Gasteiger partial charge is 0.407 e. The van der Waals surface area contributed by atoms with Gasteiger partial charge in [-0.25, -0.2) is 4.79 Å². The number of ether oxygens (including phenoxy) is 1. The summed E-state index contributed by atoms with van der Waals surface area (Å²) < 4.78 is 5.36. The molecule has 4 nitrogen and oxygen atoms in total. The lowest BCUT2D eigenvalue weighted by Gasteiger charge is -2.24. The number of alkyl carbamates (subject to hydrolysis) is 1. The first-order valence-electron chi connectivity index (χ1n) is 8.06. The Morgan fingerprint density at radius 3 is 2.41 bits per heavy atom. The number of carbonyl (C=O) groups excluding carboxylic acids is 1. The first kappa shape index (κ1) is 16.8. The van der Waals surface area contributed by atoms with Crippen molar-refractivity contribution in [2.75, 3.05) is 13.1 Å². The molecule has 2 N–H and O–H groups in total. The maximum Gasteiger partial charge on any atom is 0.407 e. The number of hydrogen-bond acceptors (Lipinski definition) is 3. The van der Waals surface area contributed by atoms with E-state index < -0.39 is 5.60 Å². The van der Waals surface area contributed by atoms with Crippen LogP contribution in [0.5, 0.6) is 0 Å². The van der Waals surface area contributed by atoms with Gasteiger partial charge in [0, 0.05) is 19.0 Å². The minimum atomic E-state index is -0.468. The van der Waals surface area contributed by atoms with Crippen LogP contribution in [0.2, 0.25) is 0 Å². The average molecular weight is 304 g/mol. The highest BCUT2D eigenvalue weighted by Gasteiger charge is 2.31. The minimum absolute atomic E-state index is 0.0692. The summed E-state index contributed by atoms with van der Waals surface area (Å²) in [5, 5.41) is 6.35. The molecule has 2 rings (SSSR count). The summed E-state index contributed by atoms with van der Waals surface area (Å²) in [6.45, 7) is 11.7. The van der Waals surface area contributed by atoms with Gasteiger partial charge >= 0.3 is 6.09 Å². The van der Waals surface area contributed by atoms with Crippen LogP contribution in [-0.4, -0.2) is 30.8 Å². The molecule has 1 fully saturated rings. The summed E-state index contributed by atoms with van der Waals surface area (Å²) in [5.41, 5.74) is 2.13. The zero-order valence-electron chi connectivity index (χ0n) is 14.3. The van der Waals surface area contributed by atoms with Crippen molar-refractivity contribution >= 4 is 6.09 Å². The molecule has 2 atom stereocenters. The van der Waals surface area contributed by atoms with E-state index in [0.717, 1.165) is 13.1 Å². The molecule has 1 saturated heterocycles. The highest BCUT2D eigenvalue weighted by molar-refractivity contribution is 5.68. The molecule has 0 spiro atoms. The molecule has 22 heavy (non-hydrogen) atoms. The van der Waals surface area contributed by atoms with Crippen LogP contribution in [0.3, 0.4) is 0 Å². The molecule has 0 aliphatic carbocycles. The van der Waals surface area contributed by atoms with Crippen LogP contribution in [-0.2, 0) is 4.74 Å². The Balaban J connectivity index is 2.02. The second-order valence-electron chi connectivity index (χ2n) is 7.34. The van der Waals surface area contributed by atoms with E-state index in [1.54, 1.807) is 0 Å². The summed E-state index contributed by atoms with van der Waals surface area (Å²) in [4.78, 5) is 12.0. The fourth-order valence-electron chi connectivity index (χ4n) is 2.77. The van der Waals surface area contributed by atoms with Crippen molar-refractivity contribution in [1.29, 1.82) is 0 Å². The van der Waals surface area contributed by atoms with Crippen LogP contribution in [0.25, 0.3) is 0 Å². The van der Waals surface area contributed by atoms with Crippen molar-refractivity contribution in [3.8, 4) is 0 Å². The Morgan fingerprint density at radius 2 is 1.86 bits per heavy atom. The zero-order chi connectivity index (χ0) is 16.3. The number of nitrogens with one attached hydrogen (secondary N) is 2. The number of carbonyl (C=O) groups is 1. The van der Waals surface area contributed by atoms with Gasteiger partial charge in [-0.3, -0.25) is 0 Å². The molecule has 1 aliphatic heterocycles. The fraction of sp³-hybridized carbons (Fsp3) is 0.611. The number of amides is 1. The number of benzene rings is 1. The monoisotopic (exact) mass is 304 g/mol. The van der Waals surface area contributed by atoms with Crippen LogP contribution in [0.1, 0.15) is 57.6 Å². The van der Waals surface area contributed by atoms with Crippen molar-refractivity contribution in [2.45, 2.75) is 58.1 Å². The van der Waals surface area contributed by atoms with Crippen LogP contribution in [0, 0.1) is 0 Å². The zero-order valence-corrected chi connectivity index (χ0v) is 14.3. The van der Waals surface area contributed by atoms with E-state index in [1.807, 2.05) is 20.8 Å². The molecule has 1 aliphatic rings. The molecule has 1 amide bonds. The lowest BCUT2D eigenvalue weighted by molar-refractivity contribution is 0.0504. The summed E-state index contributed by atoms with van der Waals surface area (Å²) >= 11 is 0. The van der Waals surface area contributed by atoms with E-state index >= 15 is 0 Å². The van der Waals surface area contributed by atoms with Crippen LogP contribution < -0.4 is 10.6 Å². The van der Waals surface area contributed by atoms with Gasteiger partial charge in [0.25, 0.3) is 0 Å². The maximum atomic E-state index is 12.0. The molecule has 0 bridgehead atoms. The van der Waals surface area contributed by atoms with E-state index in [4.69, 9.17) is 4.74 Å². The molecule has 4 heteroatoms. The highest BCUT2D eigenvalue weighted by Crippen LogP contribution is 2.25. The van der Waals surface area contributed by atoms with Gasteiger partial charge in [-0.15, -0.1) is 0 Å². The second kappa shape index (κ2) is 6.69. The topological polar surface area (TPSA) is 50.4 Å². The normalized spacial score (nSPS) is 21.9. The molecule has 2 unspecified atom stereocenters. The van der Waals surface area contributed by atoms with E-state index in [-0.39, 0.29) is 18.1 Å². The fourth-order valence-corrected chi connectivity index (χ4v) is 2.77. The molecular formula is C18H28N2O2. The average Bonchev–Trinajstić information content (AvgIpc) is 2.84. The predicted octanol–water partition coefficient (Wildman–Crippen LogP) is 3.39. The van der Waals surface area contributed by atoms with E-state index in [1.165, 1.54) is 11.1 Å². The quantitative estimate of drug-likeness (QED) is 0.900. The highest BCUT2D eigenvalue weighted by atomic mass is 16.6. The summed E-state index contributed by atoms with van der Waals surface area (Å²) in [6, 6.07) is 8.79. The van der Waals surface area contributed by atoms with Gasteiger partial charge in [-0.1, -0.05) is 38.1 Å². The minimum Gasteiger partial charge on any atom is -0.444 e. The Labute approximate surface area is 133 Å². The number of hydrogen-bond donors (Lipinski definition) is 2. The predicted molar refractivity (Wildman–Crippen MR) is 89.3 cm³/mol. The molecule has 1 aromatic rings. The molecule has 1 heterocycles. The Kier molecular flexibility index (Phi) is 5.12. The molecule has 1 aromatic carbocycles. The van der Waals surface area contributed by atoms with Gasteiger partial charge in [-0.05, 0) is 37.8 Å². The molecule has 0 radical (unpaired) electrons. The van der Waals surface area contributed by atoms with Crippen molar-refractivity contribution in [3.05, 3.63) is 35.4 Å². The first-order chi connectivity index (χ1) is 10.3. The third-order valence-corrected chi connectivity index (χ3v) is 3.95. The first-order valence-corrected chi connectivity index (χ1v) is 8.06. The van der Waals surface area contributed by atoms with Gasteiger partial charge in [0.2, 0.25) is 0 Å². The lowest BCUT2D eigenvalue weighted by atomic mass is 9.92. The van der Waals surface area contributed by atoms with E-state index in [2.05, 4.69) is 48.7 Å². The summed E-state index contributed by atoms with van der Waals surface area (Å²) in [6.07, 6.45) is -0.343. The SMILES string of the molecule is CC(C)c1ccc(C2CNCC2NC(=O)OC(C)(C)C)cc1. The molecule has 0 aromatic heterocycles. The van der Waals surface area contributed by atoms with Crippen LogP contribution in [0.4, 0.5) is 4.79 Å². The van der Waals surface area contributed by atoms with E-state index in [9.17, 15) is 4.79 Å². The van der Waals surface area contributed by atoms with Crippen molar-refractivity contribution in [1.82, 2.24) is 10.6 Å².